The van der Waals surface area contributed by atoms with Gasteiger partial charge in [-0.05, 0) is 25.0 Å². The van der Waals surface area contributed by atoms with Crippen LogP contribution in [0.15, 0.2) is 18.2 Å². The molecule has 20 heavy (non-hydrogen) atoms. The van der Waals surface area contributed by atoms with E-state index < -0.39 is 0 Å². The third-order valence-corrected chi connectivity index (χ3v) is 3.36. The smallest absolute Gasteiger partial charge is 0.231 e. The molecule has 6 heteroatoms. The van der Waals surface area contributed by atoms with Gasteiger partial charge in [0.2, 0.25) is 6.79 Å². The van der Waals surface area contributed by atoms with Gasteiger partial charge in [0.15, 0.2) is 11.5 Å². The highest BCUT2D eigenvalue weighted by atomic mass is 16.7. The molecule has 0 bridgehead atoms. The van der Waals surface area contributed by atoms with Crippen molar-refractivity contribution in [3.8, 4) is 17.2 Å². The second-order valence-electron chi connectivity index (χ2n) is 4.69. The van der Waals surface area contributed by atoms with E-state index in [9.17, 15) is 5.11 Å². The number of unbranched alkanes of at least 4 members (excludes halogenated alkanes) is 1. The van der Waals surface area contributed by atoms with Crippen molar-refractivity contribution < 1.29 is 14.6 Å². The first-order valence-corrected chi connectivity index (χ1v) is 6.77. The van der Waals surface area contributed by atoms with Gasteiger partial charge in [0.25, 0.3) is 0 Å². The highest BCUT2D eigenvalue weighted by Gasteiger charge is 2.17. The Morgan fingerprint density at radius 1 is 1.30 bits per heavy atom. The van der Waals surface area contributed by atoms with Crippen molar-refractivity contribution in [3.05, 3.63) is 29.6 Å². The quantitative estimate of drug-likeness (QED) is 0.901. The van der Waals surface area contributed by atoms with E-state index in [-0.39, 0.29) is 13.4 Å². The highest BCUT2D eigenvalue weighted by molar-refractivity contribution is 5.50. The van der Waals surface area contributed by atoms with Crippen LogP contribution in [0.25, 0.3) is 5.69 Å². The van der Waals surface area contributed by atoms with Gasteiger partial charge in [-0.15, -0.1) is 5.10 Å². The molecule has 0 unspecified atom stereocenters. The maximum absolute atomic E-state index is 9.37. The van der Waals surface area contributed by atoms with Gasteiger partial charge in [0.1, 0.15) is 5.69 Å². The first kappa shape index (κ1) is 12.9. The van der Waals surface area contributed by atoms with Gasteiger partial charge in [-0.2, -0.15) is 0 Å². The molecule has 0 atom stereocenters. The SMILES string of the molecule is CCCCc1c(CO)nnn1-c1ccc2c(c1)OCO2. The minimum atomic E-state index is -0.0937. The predicted molar refractivity (Wildman–Crippen MR) is 72.0 cm³/mol. The lowest BCUT2D eigenvalue weighted by Gasteiger charge is -2.08. The number of fused-ring (bicyclic) bond motifs is 1. The van der Waals surface area contributed by atoms with Crippen molar-refractivity contribution in [2.24, 2.45) is 0 Å². The summed E-state index contributed by atoms with van der Waals surface area (Å²) >= 11 is 0. The Bertz CT molecular complexity index is 610. The topological polar surface area (TPSA) is 69.4 Å². The summed E-state index contributed by atoms with van der Waals surface area (Å²) in [5.74, 6) is 1.45. The van der Waals surface area contributed by atoms with Gasteiger partial charge in [-0.1, -0.05) is 18.6 Å². The minimum Gasteiger partial charge on any atom is -0.454 e. The number of benzene rings is 1. The molecular formula is C14H17N3O3. The average molecular weight is 275 g/mol. The van der Waals surface area contributed by atoms with Gasteiger partial charge in [-0.3, -0.25) is 0 Å². The van der Waals surface area contributed by atoms with Crippen LogP contribution in [0.3, 0.4) is 0 Å². The molecule has 1 aliphatic heterocycles. The normalized spacial score (nSPS) is 12.9. The van der Waals surface area contributed by atoms with Crippen LogP contribution in [-0.4, -0.2) is 26.9 Å². The molecule has 0 spiro atoms. The second kappa shape index (κ2) is 5.50. The fourth-order valence-corrected chi connectivity index (χ4v) is 2.27. The van der Waals surface area contributed by atoms with Crippen molar-refractivity contribution in [2.45, 2.75) is 32.8 Å². The van der Waals surface area contributed by atoms with Crippen molar-refractivity contribution in [1.29, 1.82) is 0 Å². The molecule has 1 N–H and O–H groups in total. The van der Waals surface area contributed by atoms with E-state index in [4.69, 9.17) is 9.47 Å². The molecule has 3 rings (SSSR count). The fraction of sp³-hybridized carbons (Fsp3) is 0.429. The van der Waals surface area contributed by atoms with E-state index in [1.54, 1.807) is 4.68 Å². The van der Waals surface area contributed by atoms with Gasteiger partial charge >= 0.3 is 0 Å². The summed E-state index contributed by atoms with van der Waals surface area (Å²) in [5.41, 5.74) is 2.46. The molecule has 0 amide bonds. The van der Waals surface area contributed by atoms with Crippen LogP contribution in [0.2, 0.25) is 0 Å². The number of aliphatic hydroxyl groups is 1. The Kier molecular flexibility index (Phi) is 3.56. The lowest BCUT2D eigenvalue weighted by molar-refractivity contribution is 0.174. The minimum absolute atomic E-state index is 0.0937. The molecule has 1 aromatic carbocycles. The Hall–Kier alpha value is -2.08. The number of aliphatic hydroxyl groups excluding tert-OH is 1. The third-order valence-electron chi connectivity index (χ3n) is 3.36. The van der Waals surface area contributed by atoms with E-state index in [0.717, 1.165) is 36.4 Å². The molecule has 0 saturated carbocycles. The lowest BCUT2D eigenvalue weighted by Crippen LogP contribution is -2.04. The summed E-state index contributed by atoms with van der Waals surface area (Å²) in [6.45, 7) is 2.29. The number of nitrogens with zero attached hydrogens (tertiary/aromatic N) is 3. The molecular weight excluding hydrogens is 258 g/mol. The molecule has 0 fully saturated rings. The van der Waals surface area contributed by atoms with Crippen LogP contribution in [-0.2, 0) is 13.0 Å². The van der Waals surface area contributed by atoms with Crippen molar-refractivity contribution >= 4 is 0 Å². The van der Waals surface area contributed by atoms with Crippen LogP contribution >= 0.6 is 0 Å². The molecule has 0 saturated heterocycles. The molecule has 6 nitrogen and oxygen atoms in total. The number of aromatic nitrogens is 3. The van der Waals surface area contributed by atoms with E-state index in [2.05, 4.69) is 17.2 Å². The molecule has 0 aliphatic carbocycles. The monoisotopic (exact) mass is 275 g/mol. The van der Waals surface area contributed by atoms with Gasteiger partial charge < -0.3 is 14.6 Å². The highest BCUT2D eigenvalue weighted by Crippen LogP contribution is 2.33. The standard InChI is InChI=1S/C14H17N3O3/c1-2-3-4-12-11(8-18)15-16-17(12)10-5-6-13-14(7-10)20-9-19-13/h5-7,18H,2-4,8-9H2,1H3. The van der Waals surface area contributed by atoms with E-state index in [0.29, 0.717) is 11.4 Å². The lowest BCUT2D eigenvalue weighted by atomic mass is 10.1. The van der Waals surface area contributed by atoms with Crippen LogP contribution in [0.5, 0.6) is 11.5 Å². The molecule has 2 aromatic rings. The third kappa shape index (κ3) is 2.22. The van der Waals surface area contributed by atoms with Crippen LogP contribution in [0, 0.1) is 0 Å². The van der Waals surface area contributed by atoms with E-state index in [1.165, 1.54) is 0 Å². The van der Waals surface area contributed by atoms with Gasteiger partial charge in [0.05, 0.1) is 18.0 Å². The number of hydrogen-bond donors (Lipinski definition) is 1. The van der Waals surface area contributed by atoms with Crippen molar-refractivity contribution in [2.75, 3.05) is 6.79 Å². The predicted octanol–water partition coefficient (Wildman–Crippen LogP) is 1.83. The second-order valence-corrected chi connectivity index (χ2v) is 4.69. The molecule has 1 aromatic heterocycles. The van der Waals surface area contributed by atoms with Crippen LogP contribution in [0.4, 0.5) is 0 Å². The largest absolute Gasteiger partial charge is 0.454 e. The van der Waals surface area contributed by atoms with Gasteiger partial charge in [-0.25, -0.2) is 4.68 Å². The summed E-state index contributed by atoms with van der Waals surface area (Å²) in [6.07, 6.45) is 2.95. The first-order valence-electron chi connectivity index (χ1n) is 6.77. The number of ether oxygens (including phenoxy) is 2. The van der Waals surface area contributed by atoms with Crippen LogP contribution < -0.4 is 9.47 Å². The summed E-state index contributed by atoms with van der Waals surface area (Å²) in [7, 11) is 0. The Morgan fingerprint density at radius 3 is 2.95 bits per heavy atom. The van der Waals surface area contributed by atoms with E-state index >= 15 is 0 Å². The molecule has 1 aliphatic rings. The molecule has 106 valence electrons. The Morgan fingerprint density at radius 2 is 2.15 bits per heavy atom. The maximum Gasteiger partial charge on any atom is 0.231 e. The van der Waals surface area contributed by atoms with Gasteiger partial charge in [0, 0.05) is 6.07 Å². The summed E-state index contributed by atoms with van der Waals surface area (Å²) in [4.78, 5) is 0. The number of rotatable bonds is 5. The molecule has 0 radical (unpaired) electrons. The van der Waals surface area contributed by atoms with E-state index in [1.807, 2.05) is 18.2 Å². The molecule has 2 heterocycles. The average Bonchev–Trinajstić information content (AvgIpc) is 3.10. The first-order chi connectivity index (χ1) is 9.83. The zero-order valence-electron chi connectivity index (χ0n) is 11.4. The van der Waals surface area contributed by atoms with Crippen molar-refractivity contribution in [1.82, 2.24) is 15.0 Å². The summed E-state index contributed by atoms with van der Waals surface area (Å²) in [6, 6.07) is 5.66. The number of hydrogen-bond acceptors (Lipinski definition) is 5. The summed E-state index contributed by atoms with van der Waals surface area (Å²) < 4.78 is 12.5. The fourth-order valence-electron chi connectivity index (χ4n) is 2.27. The van der Waals surface area contributed by atoms with Crippen molar-refractivity contribution in [3.63, 3.8) is 0 Å². The summed E-state index contributed by atoms with van der Waals surface area (Å²) in [5, 5.41) is 17.6. The zero-order valence-corrected chi connectivity index (χ0v) is 11.4. The Balaban J connectivity index is 1.98. The Labute approximate surface area is 116 Å². The zero-order chi connectivity index (χ0) is 13.9. The van der Waals surface area contributed by atoms with Crippen LogP contribution in [0.1, 0.15) is 31.2 Å². The maximum atomic E-state index is 9.37.